The van der Waals surface area contributed by atoms with Crippen LogP contribution in [0.3, 0.4) is 0 Å². The first-order chi connectivity index (χ1) is 8.06. The van der Waals surface area contributed by atoms with Gasteiger partial charge in [0.1, 0.15) is 0 Å². The Balaban J connectivity index is 1.74. The quantitative estimate of drug-likeness (QED) is 0.757. The molecular formula is C13H25N3O. The third kappa shape index (κ3) is 3.19. The second-order valence-corrected chi connectivity index (χ2v) is 5.90. The lowest BCUT2D eigenvalue weighted by atomic mass is 9.78. The third-order valence-electron chi connectivity index (χ3n) is 4.41. The number of hydrogen-bond donors (Lipinski definition) is 2. The average molecular weight is 239 g/mol. The van der Waals surface area contributed by atoms with Crippen molar-refractivity contribution in [2.75, 3.05) is 19.6 Å². The summed E-state index contributed by atoms with van der Waals surface area (Å²) in [4.78, 5) is 14.0. The van der Waals surface area contributed by atoms with E-state index in [0.717, 1.165) is 25.4 Å². The van der Waals surface area contributed by atoms with Gasteiger partial charge < -0.3 is 11.1 Å². The summed E-state index contributed by atoms with van der Waals surface area (Å²) in [7, 11) is 0. The first kappa shape index (κ1) is 12.8. The fourth-order valence-corrected chi connectivity index (χ4v) is 2.98. The molecule has 4 nitrogen and oxygen atoms in total. The molecule has 2 aliphatic rings. The summed E-state index contributed by atoms with van der Waals surface area (Å²) in [6, 6.07) is 0.651. The van der Waals surface area contributed by atoms with Crippen LogP contribution in [0.15, 0.2) is 0 Å². The molecule has 1 aliphatic carbocycles. The predicted octanol–water partition coefficient (Wildman–Crippen LogP) is 0.570. The van der Waals surface area contributed by atoms with Gasteiger partial charge in [-0.3, -0.25) is 9.69 Å². The Morgan fingerprint density at radius 3 is 2.71 bits per heavy atom. The van der Waals surface area contributed by atoms with Gasteiger partial charge in [-0.05, 0) is 18.3 Å². The van der Waals surface area contributed by atoms with Gasteiger partial charge in [-0.15, -0.1) is 0 Å². The van der Waals surface area contributed by atoms with Gasteiger partial charge in [0.25, 0.3) is 0 Å². The molecule has 3 unspecified atom stereocenters. The SMILES string of the molecule is CC1CCCC(NC(=O)CN2CC(N)C2)C1C. The summed E-state index contributed by atoms with van der Waals surface area (Å²) >= 11 is 0. The summed E-state index contributed by atoms with van der Waals surface area (Å²) in [6.45, 7) is 6.80. The molecule has 2 rings (SSSR count). The number of nitrogens with one attached hydrogen (secondary N) is 1. The second kappa shape index (κ2) is 5.36. The van der Waals surface area contributed by atoms with E-state index in [9.17, 15) is 4.79 Å². The summed E-state index contributed by atoms with van der Waals surface area (Å²) in [5, 5.41) is 3.19. The molecule has 0 aromatic carbocycles. The van der Waals surface area contributed by atoms with Gasteiger partial charge in [0.05, 0.1) is 6.54 Å². The maximum absolute atomic E-state index is 11.9. The van der Waals surface area contributed by atoms with Crippen LogP contribution in [0.1, 0.15) is 33.1 Å². The number of rotatable bonds is 3. The molecule has 1 heterocycles. The summed E-state index contributed by atoms with van der Waals surface area (Å²) in [5.74, 6) is 1.50. The van der Waals surface area contributed by atoms with Crippen molar-refractivity contribution in [1.29, 1.82) is 0 Å². The van der Waals surface area contributed by atoms with E-state index in [4.69, 9.17) is 5.73 Å². The molecule has 0 aromatic rings. The van der Waals surface area contributed by atoms with Gasteiger partial charge in [0, 0.05) is 25.2 Å². The van der Waals surface area contributed by atoms with Crippen molar-refractivity contribution in [3.8, 4) is 0 Å². The Morgan fingerprint density at radius 1 is 1.35 bits per heavy atom. The molecule has 0 bridgehead atoms. The number of carbonyl (C=O) groups is 1. The van der Waals surface area contributed by atoms with Crippen LogP contribution in [0, 0.1) is 11.8 Å². The monoisotopic (exact) mass is 239 g/mol. The first-order valence-corrected chi connectivity index (χ1v) is 6.83. The smallest absolute Gasteiger partial charge is 0.234 e. The van der Waals surface area contributed by atoms with Gasteiger partial charge in [0.15, 0.2) is 0 Å². The van der Waals surface area contributed by atoms with E-state index in [2.05, 4.69) is 24.1 Å². The van der Waals surface area contributed by atoms with Crippen LogP contribution < -0.4 is 11.1 Å². The van der Waals surface area contributed by atoms with E-state index < -0.39 is 0 Å². The molecule has 3 atom stereocenters. The lowest BCUT2D eigenvalue weighted by Gasteiger charge is -2.38. The maximum atomic E-state index is 11.9. The molecule has 2 fully saturated rings. The molecule has 3 N–H and O–H groups in total. The number of nitrogens with zero attached hydrogens (tertiary/aromatic N) is 1. The minimum atomic E-state index is 0.169. The summed E-state index contributed by atoms with van der Waals surface area (Å²) < 4.78 is 0. The summed E-state index contributed by atoms with van der Waals surface area (Å²) in [6.07, 6.45) is 3.68. The van der Waals surface area contributed by atoms with Crippen molar-refractivity contribution in [3.63, 3.8) is 0 Å². The lowest BCUT2D eigenvalue weighted by molar-refractivity contribution is -0.124. The zero-order valence-corrected chi connectivity index (χ0v) is 11.0. The molecule has 17 heavy (non-hydrogen) atoms. The van der Waals surface area contributed by atoms with Crippen molar-refractivity contribution in [3.05, 3.63) is 0 Å². The highest BCUT2D eigenvalue weighted by Gasteiger charge is 2.30. The molecule has 1 saturated heterocycles. The Hall–Kier alpha value is -0.610. The van der Waals surface area contributed by atoms with Crippen molar-refractivity contribution in [1.82, 2.24) is 10.2 Å². The second-order valence-electron chi connectivity index (χ2n) is 5.90. The average Bonchev–Trinajstić information content (AvgIpc) is 2.23. The normalized spacial score (nSPS) is 35.4. The predicted molar refractivity (Wildman–Crippen MR) is 68.5 cm³/mol. The molecular weight excluding hydrogens is 214 g/mol. The fourth-order valence-electron chi connectivity index (χ4n) is 2.98. The van der Waals surface area contributed by atoms with Crippen molar-refractivity contribution < 1.29 is 4.79 Å². The highest BCUT2D eigenvalue weighted by Crippen LogP contribution is 2.29. The molecule has 0 aromatic heterocycles. The van der Waals surface area contributed by atoms with Crippen LogP contribution in [0.5, 0.6) is 0 Å². The van der Waals surface area contributed by atoms with Crippen LogP contribution >= 0.6 is 0 Å². The number of amides is 1. The number of likely N-dealkylation sites (tertiary alicyclic amines) is 1. The van der Waals surface area contributed by atoms with Crippen LogP contribution in [0.2, 0.25) is 0 Å². The Bertz CT molecular complexity index is 276. The zero-order chi connectivity index (χ0) is 12.4. The van der Waals surface area contributed by atoms with Crippen molar-refractivity contribution >= 4 is 5.91 Å². The Morgan fingerprint density at radius 2 is 2.06 bits per heavy atom. The number of hydrogen-bond acceptors (Lipinski definition) is 3. The van der Waals surface area contributed by atoms with Crippen LogP contribution in [0.25, 0.3) is 0 Å². The van der Waals surface area contributed by atoms with Gasteiger partial charge >= 0.3 is 0 Å². The standard InChI is InChI=1S/C13H25N3O/c1-9-4-3-5-12(10(9)2)15-13(17)8-16-6-11(14)7-16/h9-12H,3-8,14H2,1-2H3,(H,15,17). The molecule has 0 spiro atoms. The van der Waals surface area contributed by atoms with Gasteiger partial charge in [-0.2, -0.15) is 0 Å². The molecule has 1 aliphatic heterocycles. The van der Waals surface area contributed by atoms with E-state index in [1.807, 2.05) is 0 Å². The van der Waals surface area contributed by atoms with E-state index in [1.54, 1.807) is 0 Å². The molecule has 4 heteroatoms. The number of nitrogens with two attached hydrogens (primary N) is 1. The Labute approximate surface area is 104 Å². The molecule has 98 valence electrons. The molecule has 0 radical (unpaired) electrons. The van der Waals surface area contributed by atoms with Crippen LogP contribution in [-0.2, 0) is 4.79 Å². The van der Waals surface area contributed by atoms with E-state index in [0.29, 0.717) is 18.5 Å². The lowest BCUT2D eigenvalue weighted by Crippen LogP contribution is -2.58. The largest absolute Gasteiger partial charge is 0.352 e. The van der Waals surface area contributed by atoms with Crippen LogP contribution in [0.4, 0.5) is 0 Å². The van der Waals surface area contributed by atoms with E-state index in [1.165, 1.54) is 12.8 Å². The van der Waals surface area contributed by atoms with Crippen molar-refractivity contribution in [2.45, 2.75) is 45.2 Å². The maximum Gasteiger partial charge on any atom is 0.234 e. The van der Waals surface area contributed by atoms with E-state index in [-0.39, 0.29) is 11.9 Å². The number of carbonyl (C=O) groups excluding carboxylic acids is 1. The minimum Gasteiger partial charge on any atom is -0.352 e. The fraction of sp³-hybridized carbons (Fsp3) is 0.923. The molecule has 1 amide bonds. The van der Waals surface area contributed by atoms with Gasteiger partial charge in [0.2, 0.25) is 5.91 Å². The van der Waals surface area contributed by atoms with Gasteiger partial charge in [-0.25, -0.2) is 0 Å². The van der Waals surface area contributed by atoms with Gasteiger partial charge in [-0.1, -0.05) is 26.7 Å². The highest BCUT2D eigenvalue weighted by molar-refractivity contribution is 5.78. The Kier molecular flexibility index (Phi) is 4.05. The highest BCUT2D eigenvalue weighted by atomic mass is 16.2. The molecule has 1 saturated carbocycles. The topological polar surface area (TPSA) is 58.4 Å². The van der Waals surface area contributed by atoms with E-state index >= 15 is 0 Å². The van der Waals surface area contributed by atoms with Crippen LogP contribution in [-0.4, -0.2) is 42.5 Å². The first-order valence-electron chi connectivity index (χ1n) is 6.83. The third-order valence-corrected chi connectivity index (χ3v) is 4.41. The summed E-state index contributed by atoms with van der Waals surface area (Å²) in [5.41, 5.74) is 5.70. The van der Waals surface area contributed by atoms with Crippen molar-refractivity contribution in [2.24, 2.45) is 17.6 Å². The minimum absolute atomic E-state index is 0.169. The zero-order valence-electron chi connectivity index (χ0n) is 11.0.